The van der Waals surface area contributed by atoms with Gasteiger partial charge >= 0.3 is 7.12 Å². The van der Waals surface area contributed by atoms with Gasteiger partial charge in [-0.3, -0.25) is 0 Å². The first-order valence-electron chi connectivity index (χ1n) is 9.40. The van der Waals surface area contributed by atoms with Crippen molar-refractivity contribution in [3.63, 3.8) is 0 Å². The summed E-state index contributed by atoms with van der Waals surface area (Å²) in [6, 6.07) is 8.89. The van der Waals surface area contributed by atoms with E-state index in [9.17, 15) is 0 Å². The third-order valence-corrected chi connectivity index (χ3v) is 8.35. The SMILES string of the molecule is CCc1ccc([C@H]([C@@H](OC)B2OC(C)(C)C(C)(C)O2)[Si](C)(C)C)cc1. The van der Waals surface area contributed by atoms with E-state index in [1.54, 1.807) is 7.11 Å². The van der Waals surface area contributed by atoms with Gasteiger partial charge < -0.3 is 14.0 Å². The van der Waals surface area contributed by atoms with Crippen LogP contribution in [-0.4, -0.2) is 39.5 Å². The van der Waals surface area contributed by atoms with Crippen LogP contribution >= 0.6 is 0 Å². The highest BCUT2D eigenvalue weighted by Crippen LogP contribution is 2.42. The molecule has 1 saturated heterocycles. The monoisotopic (exact) mass is 362 g/mol. The van der Waals surface area contributed by atoms with E-state index in [-0.39, 0.29) is 24.3 Å². The fourth-order valence-corrected chi connectivity index (χ4v) is 6.04. The normalized spacial score (nSPS) is 22.0. The summed E-state index contributed by atoms with van der Waals surface area (Å²) >= 11 is 0. The zero-order valence-corrected chi connectivity index (χ0v) is 18.5. The minimum absolute atomic E-state index is 0.111. The van der Waals surface area contributed by atoms with Crippen molar-refractivity contribution in [1.82, 2.24) is 0 Å². The highest BCUT2D eigenvalue weighted by atomic mass is 28.3. The van der Waals surface area contributed by atoms with Crippen molar-refractivity contribution in [3.8, 4) is 0 Å². The summed E-state index contributed by atoms with van der Waals surface area (Å²) in [5.74, 6) is 0. The maximum atomic E-state index is 6.33. The van der Waals surface area contributed by atoms with Crippen molar-refractivity contribution in [2.24, 2.45) is 0 Å². The lowest BCUT2D eigenvalue weighted by Crippen LogP contribution is -2.49. The van der Waals surface area contributed by atoms with Crippen LogP contribution in [0, 0.1) is 0 Å². The van der Waals surface area contributed by atoms with Crippen LogP contribution in [0.5, 0.6) is 0 Å². The number of rotatable bonds is 6. The molecule has 25 heavy (non-hydrogen) atoms. The van der Waals surface area contributed by atoms with E-state index < -0.39 is 8.07 Å². The van der Waals surface area contributed by atoms with Crippen molar-refractivity contribution in [1.29, 1.82) is 0 Å². The standard InChI is InChI=1S/C20H35BO3Si/c1-10-15-11-13-16(14-12-15)17(25(7,8)9)18(22-6)21-23-19(2,3)20(4,5)24-21/h11-14,17-18H,10H2,1-9H3/t17-,18-/m1/s1. The van der Waals surface area contributed by atoms with Crippen molar-refractivity contribution >= 4 is 15.2 Å². The minimum Gasteiger partial charge on any atom is -0.402 e. The van der Waals surface area contributed by atoms with E-state index in [1.165, 1.54) is 11.1 Å². The molecule has 5 heteroatoms. The molecule has 1 heterocycles. The topological polar surface area (TPSA) is 27.7 Å². The van der Waals surface area contributed by atoms with Crippen LogP contribution in [0.2, 0.25) is 19.6 Å². The molecule has 1 aromatic carbocycles. The van der Waals surface area contributed by atoms with Crippen molar-refractivity contribution < 1.29 is 14.0 Å². The van der Waals surface area contributed by atoms with Crippen LogP contribution in [0.25, 0.3) is 0 Å². The summed E-state index contributed by atoms with van der Waals surface area (Å²) in [6.45, 7) is 17.7. The van der Waals surface area contributed by atoms with Gasteiger partial charge in [0.2, 0.25) is 0 Å². The Labute approximate surface area is 155 Å². The molecular formula is C20H35BO3Si. The molecule has 3 nitrogen and oxygen atoms in total. The van der Waals surface area contributed by atoms with Crippen LogP contribution in [0.3, 0.4) is 0 Å². The number of benzene rings is 1. The second-order valence-corrected chi connectivity index (χ2v) is 14.6. The van der Waals surface area contributed by atoms with E-state index in [0.29, 0.717) is 5.54 Å². The molecule has 2 rings (SSSR count). The van der Waals surface area contributed by atoms with Gasteiger partial charge in [-0.05, 0) is 45.2 Å². The van der Waals surface area contributed by atoms with Crippen LogP contribution in [0.15, 0.2) is 24.3 Å². The Hall–Kier alpha value is -0.618. The third kappa shape index (κ3) is 4.21. The molecule has 2 atom stereocenters. The second kappa shape index (κ2) is 7.18. The van der Waals surface area contributed by atoms with Gasteiger partial charge in [-0.15, -0.1) is 0 Å². The first kappa shape index (κ1) is 20.7. The number of hydrogen-bond donors (Lipinski definition) is 0. The largest absolute Gasteiger partial charge is 0.489 e. The second-order valence-electron chi connectivity index (χ2n) is 9.26. The van der Waals surface area contributed by atoms with Gasteiger partial charge in [-0.2, -0.15) is 0 Å². The van der Waals surface area contributed by atoms with E-state index in [2.05, 4.69) is 78.5 Å². The van der Waals surface area contributed by atoms with Gasteiger partial charge in [-0.1, -0.05) is 50.8 Å². The molecule has 0 N–H and O–H groups in total. The Morgan fingerprint density at radius 2 is 1.48 bits per heavy atom. The molecule has 0 aliphatic carbocycles. The molecule has 0 spiro atoms. The van der Waals surface area contributed by atoms with Crippen molar-refractivity contribution in [3.05, 3.63) is 35.4 Å². The Kier molecular flexibility index (Phi) is 5.94. The Morgan fingerprint density at radius 3 is 1.84 bits per heavy atom. The molecule has 1 aliphatic heterocycles. The Morgan fingerprint density at radius 1 is 1.00 bits per heavy atom. The smallest absolute Gasteiger partial charge is 0.402 e. The van der Waals surface area contributed by atoms with Gasteiger partial charge in [0.1, 0.15) is 0 Å². The molecule has 1 aliphatic rings. The zero-order valence-electron chi connectivity index (χ0n) is 17.5. The average molecular weight is 362 g/mol. The maximum absolute atomic E-state index is 6.33. The molecular weight excluding hydrogens is 327 g/mol. The molecule has 0 amide bonds. The van der Waals surface area contributed by atoms with Gasteiger partial charge in [0.15, 0.2) is 0 Å². The fraction of sp³-hybridized carbons (Fsp3) is 0.700. The Balaban J connectivity index is 2.38. The summed E-state index contributed by atoms with van der Waals surface area (Å²) in [6.07, 6.45) is 1.06. The highest BCUT2D eigenvalue weighted by molar-refractivity contribution is 6.78. The lowest BCUT2D eigenvalue weighted by molar-refractivity contribution is 0.00578. The van der Waals surface area contributed by atoms with Gasteiger partial charge in [-0.25, -0.2) is 0 Å². The summed E-state index contributed by atoms with van der Waals surface area (Å²) in [5.41, 5.74) is 2.31. The first-order chi connectivity index (χ1) is 11.4. The fourth-order valence-electron chi connectivity index (χ4n) is 3.57. The molecule has 0 aromatic heterocycles. The maximum Gasteiger partial charge on any atom is 0.489 e. The number of hydrogen-bond acceptors (Lipinski definition) is 3. The van der Waals surface area contributed by atoms with Crippen LogP contribution in [0.1, 0.15) is 51.3 Å². The summed E-state index contributed by atoms with van der Waals surface area (Å²) < 4.78 is 18.7. The minimum atomic E-state index is -1.58. The van der Waals surface area contributed by atoms with Crippen molar-refractivity contribution in [2.75, 3.05) is 7.11 Å². The predicted octanol–water partition coefficient (Wildman–Crippen LogP) is 4.86. The average Bonchev–Trinajstić information content (AvgIpc) is 2.71. The van der Waals surface area contributed by atoms with Crippen molar-refractivity contribution in [2.45, 2.75) is 83.4 Å². The number of ether oxygens (including phenoxy) is 1. The quantitative estimate of drug-likeness (QED) is 0.677. The van der Waals surface area contributed by atoms with Gasteiger partial charge in [0.05, 0.1) is 25.3 Å². The van der Waals surface area contributed by atoms with E-state index in [0.717, 1.165) is 6.42 Å². The van der Waals surface area contributed by atoms with Crippen LogP contribution < -0.4 is 0 Å². The van der Waals surface area contributed by atoms with Gasteiger partial charge in [0.25, 0.3) is 0 Å². The van der Waals surface area contributed by atoms with Crippen LogP contribution in [-0.2, 0) is 20.5 Å². The summed E-state index contributed by atoms with van der Waals surface area (Å²) in [5, 5.41) is 0. The van der Waals surface area contributed by atoms with Crippen LogP contribution in [0.4, 0.5) is 0 Å². The third-order valence-electron chi connectivity index (χ3n) is 5.82. The number of methoxy groups -OCH3 is 1. The van der Waals surface area contributed by atoms with E-state index >= 15 is 0 Å². The molecule has 0 unspecified atom stereocenters. The predicted molar refractivity (Wildman–Crippen MR) is 109 cm³/mol. The summed E-state index contributed by atoms with van der Waals surface area (Å²) in [7, 11) is -0.153. The Bertz CT molecular complexity index is 562. The molecule has 1 aromatic rings. The number of aryl methyl sites for hydroxylation is 1. The lowest BCUT2D eigenvalue weighted by Gasteiger charge is -2.36. The molecule has 1 fully saturated rings. The molecule has 0 bridgehead atoms. The first-order valence-corrected chi connectivity index (χ1v) is 13.0. The summed E-state index contributed by atoms with van der Waals surface area (Å²) in [4.78, 5) is 0. The highest BCUT2D eigenvalue weighted by Gasteiger charge is 2.57. The zero-order chi connectivity index (χ0) is 19.0. The van der Waals surface area contributed by atoms with E-state index in [1.807, 2.05) is 0 Å². The molecule has 0 radical (unpaired) electrons. The van der Waals surface area contributed by atoms with E-state index in [4.69, 9.17) is 14.0 Å². The van der Waals surface area contributed by atoms with Gasteiger partial charge in [0, 0.05) is 12.7 Å². The molecule has 0 saturated carbocycles. The lowest BCUT2D eigenvalue weighted by atomic mass is 9.76. The molecule has 140 valence electrons.